The number of aromatic nitrogens is 1. The fourth-order valence-corrected chi connectivity index (χ4v) is 1.87. The quantitative estimate of drug-likeness (QED) is 0.896. The van der Waals surface area contributed by atoms with Gasteiger partial charge in [-0.25, -0.2) is 0 Å². The van der Waals surface area contributed by atoms with Crippen molar-refractivity contribution >= 4 is 0 Å². The van der Waals surface area contributed by atoms with Crippen molar-refractivity contribution in [3.63, 3.8) is 0 Å². The van der Waals surface area contributed by atoms with Gasteiger partial charge in [-0.05, 0) is 29.2 Å². The van der Waals surface area contributed by atoms with Gasteiger partial charge in [-0.1, -0.05) is 31.2 Å². The van der Waals surface area contributed by atoms with Gasteiger partial charge < -0.3 is 10.5 Å². The van der Waals surface area contributed by atoms with E-state index in [4.69, 9.17) is 10.5 Å². The molecule has 0 aliphatic rings. The molecule has 0 saturated heterocycles. The first-order valence-corrected chi connectivity index (χ1v) is 6.08. The maximum absolute atomic E-state index is 6.24. The minimum Gasteiger partial charge on any atom is -0.495 e. The van der Waals surface area contributed by atoms with Crippen LogP contribution in [0.1, 0.15) is 29.7 Å². The van der Waals surface area contributed by atoms with Gasteiger partial charge in [-0.3, -0.25) is 4.98 Å². The van der Waals surface area contributed by atoms with Crippen molar-refractivity contribution in [2.24, 2.45) is 5.73 Å². The zero-order chi connectivity index (χ0) is 13.0. The van der Waals surface area contributed by atoms with E-state index >= 15 is 0 Å². The molecule has 1 aromatic heterocycles. The highest BCUT2D eigenvalue weighted by Crippen LogP contribution is 2.22. The number of hydrogen-bond donors (Lipinski definition) is 1. The minimum atomic E-state index is -0.168. The molecular formula is C15H18N2O. The third kappa shape index (κ3) is 2.68. The third-order valence-corrected chi connectivity index (χ3v) is 3.08. The lowest BCUT2D eigenvalue weighted by Gasteiger charge is -2.13. The van der Waals surface area contributed by atoms with Crippen molar-refractivity contribution in [3.05, 3.63) is 59.4 Å². The van der Waals surface area contributed by atoms with Crippen LogP contribution in [0.4, 0.5) is 0 Å². The van der Waals surface area contributed by atoms with Crippen molar-refractivity contribution in [2.45, 2.75) is 19.4 Å². The summed E-state index contributed by atoms with van der Waals surface area (Å²) in [5, 5.41) is 0. The second-order valence-electron chi connectivity index (χ2n) is 4.23. The van der Waals surface area contributed by atoms with Crippen LogP contribution >= 0.6 is 0 Å². The molecule has 0 aliphatic heterocycles. The van der Waals surface area contributed by atoms with Crippen molar-refractivity contribution in [3.8, 4) is 5.75 Å². The maximum Gasteiger partial charge on any atom is 0.137 e. The fraction of sp³-hybridized carbons (Fsp3) is 0.267. The van der Waals surface area contributed by atoms with Crippen molar-refractivity contribution in [1.29, 1.82) is 0 Å². The van der Waals surface area contributed by atoms with Crippen LogP contribution in [0.25, 0.3) is 0 Å². The lowest BCUT2D eigenvalue weighted by atomic mass is 9.99. The third-order valence-electron chi connectivity index (χ3n) is 3.08. The first-order chi connectivity index (χ1) is 8.74. The highest BCUT2D eigenvalue weighted by Gasteiger charge is 2.10. The fourth-order valence-electron chi connectivity index (χ4n) is 1.87. The Balaban J connectivity index is 2.25. The number of methoxy groups -OCH3 is 1. The van der Waals surface area contributed by atoms with Gasteiger partial charge in [0.1, 0.15) is 5.75 Å². The number of nitrogens with zero attached hydrogens (tertiary/aromatic N) is 1. The zero-order valence-electron chi connectivity index (χ0n) is 10.8. The van der Waals surface area contributed by atoms with Gasteiger partial charge >= 0.3 is 0 Å². The first kappa shape index (κ1) is 12.6. The smallest absolute Gasteiger partial charge is 0.137 e. The predicted octanol–water partition coefficient (Wildman–Crippen LogP) is 2.70. The van der Waals surface area contributed by atoms with Crippen LogP contribution in [-0.2, 0) is 6.42 Å². The Bertz CT molecular complexity index is 508. The molecule has 0 saturated carbocycles. The van der Waals surface area contributed by atoms with E-state index in [2.05, 4.69) is 36.2 Å². The number of nitrogens with two attached hydrogens (primary N) is 1. The molecule has 0 radical (unpaired) electrons. The number of aryl methyl sites for hydroxylation is 1. The first-order valence-electron chi connectivity index (χ1n) is 6.08. The standard InChI is InChI=1S/C15H18N2O/c1-3-11-4-6-12(7-5-11)15(16)13-8-14(18-2)10-17-9-13/h4-10,15H,3,16H2,1-2H3. The van der Waals surface area contributed by atoms with Crippen LogP contribution in [0.2, 0.25) is 0 Å². The Labute approximate surface area is 108 Å². The van der Waals surface area contributed by atoms with Crippen LogP contribution in [0, 0.1) is 0 Å². The maximum atomic E-state index is 6.24. The molecule has 3 heteroatoms. The van der Waals surface area contributed by atoms with Gasteiger partial charge in [0.05, 0.1) is 19.3 Å². The monoisotopic (exact) mass is 242 g/mol. The molecule has 2 N–H and O–H groups in total. The van der Waals surface area contributed by atoms with E-state index < -0.39 is 0 Å². The number of benzene rings is 1. The molecule has 1 unspecified atom stereocenters. The lowest BCUT2D eigenvalue weighted by Crippen LogP contribution is -2.12. The summed E-state index contributed by atoms with van der Waals surface area (Å²) in [6, 6.07) is 10.1. The van der Waals surface area contributed by atoms with Gasteiger partial charge in [-0.2, -0.15) is 0 Å². The van der Waals surface area contributed by atoms with Crippen molar-refractivity contribution < 1.29 is 4.74 Å². The Kier molecular flexibility index (Phi) is 3.95. The van der Waals surface area contributed by atoms with Crippen molar-refractivity contribution in [1.82, 2.24) is 4.98 Å². The number of rotatable bonds is 4. The normalized spacial score (nSPS) is 12.2. The van der Waals surface area contributed by atoms with E-state index in [0.717, 1.165) is 23.3 Å². The van der Waals surface area contributed by atoms with Gasteiger partial charge in [0.25, 0.3) is 0 Å². The summed E-state index contributed by atoms with van der Waals surface area (Å²) in [5.41, 5.74) is 9.59. The minimum absolute atomic E-state index is 0.168. The van der Waals surface area contributed by atoms with Gasteiger partial charge in [-0.15, -0.1) is 0 Å². The molecule has 18 heavy (non-hydrogen) atoms. The molecule has 0 bridgehead atoms. The molecule has 94 valence electrons. The van der Waals surface area contributed by atoms with E-state index in [0.29, 0.717) is 0 Å². The van der Waals surface area contributed by atoms with Crippen LogP contribution in [0.15, 0.2) is 42.7 Å². The summed E-state index contributed by atoms with van der Waals surface area (Å²) in [7, 11) is 1.63. The van der Waals surface area contributed by atoms with Crippen molar-refractivity contribution in [2.75, 3.05) is 7.11 Å². The van der Waals surface area contributed by atoms with E-state index in [-0.39, 0.29) is 6.04 Å². The Morgan fingerprint density at radius 2 is 1.89 bits per heavy atom. The molecule has 2 aromatic rings. The number of pyridine rings is 1. The van der Waals surface area contributed by atoms with E-state index in [1.807, 2.05) is 6.07 Å². The predicted molar refractivity (Wildman–Crippen MR) is 72.6 cm³/mol. The average Bonchev–Trinajstić information content (AvgIpc) is 2.46. The summed E-state index contributed by atoms with van der Waals surface area (Å²) in [6.07, 6.45) is 4.49. The van der Waals surface area contributed by atoms with Gasteiger partial charge in [0, 0.05) is 6.20 Å². The summed E-state index contributed by atoms with van der Waals surface area (Å²) >= 11 is 0. The molecule has 1 aromatic carbocycles. The molecular weight excluding hydrogens is 224 g/mol. The largest absolute Gasteiger partial charge is 0.495 e. The molecule has 1 heterocycles. The molecule has 0 amide bonds. The van der Waals surface area contributed by atoms with Gasteiger partial charge in [0.15, 0.2) is 0 Å². The Morgan fingerprint density at radius 1 is 1.17 bits per heavy atom. The number of ether oxygens (including phenoxy) is 1. The Morgan fingerprint density at radius 3 is 2.50 bits per heavy atom. The van der Waals surface area contributed by atoms with Crippen LogP contribution in [0.5, 0.6) is 5.75 Å². The van der Waals surface area contributed by atoms with E-state index in [9.17, 15) is 0 Å². The van der Waals surface area contributed by atoms with Crippen LogP contribution < -0.4 is 10.5 Å². The molecule has 0 fully saturated rings. The Hall–Kier alpha value is -1.87. The summed E-state index contributed by atoms with van der Waals surface area (Å²) in [4.78, 5) is 4.13. The second-order valence-corrected chi connectivity index (χ2v) is 4.23. The second kappa shape index (κ2) is 5.65. The van der Waals surface area contributed by atoms with Crippen LogP contribution in [-0.4, -0.2) is 12.1 Å². The van der Waals surface area contributed by atoms with Gasteiger partial charge in [0.2, 0.25) is 0 Å². The highest BCUT2D eigenvalue weighted by molar-refractivity contribution is 5.34. The molecule has 0 spiro atoms. The summed E-state index contributed by atoms with van der Waals surface area (Å²) in [5.74, 6) is 0.730. The highest BCUT2D eigenvalue weighted by atomic mass is 16.5. The molecule has 3 nitrogen and oxygen atoms in total. The number of hydrogen-bond acceptors (Lipinski definition) is 3. The average molecular weight is 242 g/mol. The van der Waals surface area contributed by atoms with E-state index in [1.54, 1.807) is 19.5 Å². The molecule has 0 aliphatic carbocycles. The SMILES string of the molecule is CCc1ccc(C(N)c2cncc(OC)c2)cc1. The lowest BCUT2D eigenvalue weighted by molar-refractivity contribution is 0.412. The molecule has 2 rings (SSSR count). The van der Waals surface area contributed by atoms with E-state index in [1.165, 1.54) is 5.56 Å². The summed E-state index contributed by atoms with van der Waals surface area (Å²) < 4.78 is 5.16. The van der Waals surface area contributed by atoms with Crippen LogP contribution in [0.3, 0.4) is 0 Å². The molecule has 1 atom stereocenters. The summed E-state index contributed by atoms with van der Waals surface area (Å²) in [6.45, 7) is 2.14. The topological polar surface area (TPSA) is 48.1 Å². The zero-order valence-corrected chi connectivity index (χ0v) is 10.8.